The smallest absolute Gasteiger partial charge is 0.236 e. The first-order valence-corrected chi connectivity index (χ1v) is 8.78. The van der Waals surface area contributed by atoms with Gasteiger partial charge in [-0.2, -0.15) is 0 Å². The van der Waals surface area contributed by atoms with Gasteiger partial charge < -0.3 is 4.74 Å². The molecule has 1 aliphatic carbocycles. The molecule has 1 rings (SSSR count). The van der Waals surface area contributed by atoms with Crippen LogP contribution in [-0.4, -0.2) is 20.5 Å². The van der Waals surface area contributed by atoms with Gasteiger partial charge >= 0.3 is 0 Å². The lowest BCUT2D eigenvalue weighted by atomic mass is 9.90. The number of nitrogens with two attached hydrogens (primary N) is 1. The normalized spacial score (nSPS) is 19.9. The molecule has 0 bridgehead atoms. The lowest BCUT2D eigenvalue weighted by Gasteiger charge is -2.24. The molecule has 0 heterocycles. The molecule has 4 nitrogen and oxygen atoms in total. The van der Waals surface area contributed by atoms with Gasteiger partial charge in [-0.25, -0.2) is 13.6 Å². The Morgan fingerprint density at radius 1 is 1.22 bits per heavy atom. The van der Waals surface area contributed by atoms with E-state index in [2.05, 4.69) is 6.92 Å². The van der Waals surface area contributed by atoms with Gasteiger partial charge in [0.2, 0.25) is 10.0 Å². The molecular weight excluding hydrogens is 250 g/mol. The van der Waals surface area contributed by atoms with Crippen LogP contribution in [0.1, 0.15) is 64.7 Å². The van der Waals surface area contributed by atoms with E-state index in [1.165, 1.54) is 19.3 Å². The van der Waals surface area contributed by atoms with E-state index in [9.17, 15) is 8.42 Å². The van der Waals surface area contributed by atoms with Crippen molar-refractivity contribution in [1.29, 1.82) is 0 Å². The van der Waals surface area contributed by atoms with Gasteiger partial charge in [-0.1, -0.05) is 39.0 Å². The van der Waals surface area contributed by atoms with Gasteiger partial charge in [0.15, 0.2) is 5.44 Å². The molecule has 0 radical (unpaired) electrons. The number of hydrogen-bond acceptors (Lipinski definition) is 3. The van der Waals surface area contributed by atoms with Gasteiger partial charge in [0, 0.05) is 0 Å². The van der Waals surface area contributed by atoms with Crippen molar-refractivity contribution < 1.29 is 13.2 Å². The fourth-order valence-electron chi connectivity index (χ4n) is 2.50. The molecule has 0 saturated heterocycles. The topological polar surface area (TPSA) is 69.4 Å². The summed E-state index contributed by atoms with van der Waals surface area (Å²) in [6.45, 7) is 2.64. The van der Waals surface area contributed by atoms with Crippen molar-refractivity contribution in [3.8, 4) is 0 Å². The Morgan fingerprint density at radius 2 is 1.89 bits per heavy atom. The summed E-state index contributed by atoms with van der Waals surface area (Å²) in [5.74, 6) is 0.522. The molecule has 1 fully saturated rings. The molecule has 5 heteroatoms. The van der Waals surface area contributed by atoms with Crippen LogP contribution in [0.3, 0.4) is 0 Å². The van der Waals surface area contributed by atoms with E-state index < -0.39 is 15.5 Å². The highest BCUT2D eigenvalue weighted by molar-refractivity contribution is 7.89. The quantitative estimate of drug-likeness (QED) is 0.694. The molecular formula is C13H27NO3S. The van der Waals surface area contributed by atoms with Gasteiger partial charge in [-0.05, 0) is 31.6 Å². The summed E-state index contributed by atoms with van der Waals surface area (Å²) >= 11 is 0. The van der Waals surface area contributed by atoms with E-state index in [0.29, 0.717) is 18.9 Å². The maximum Gasteiger partial charge on any atom is 0.236 e. The number of ether oxygens (including phenoxy) is 1. The highest BCUT2D eigenvalue weighted by atomic mass is 32.2. The van der Waals surface area contributed by atoms with Gasteiger partial charge in [0.05, 0.1) is 6.61 Å². The monoisotopic (exact) mass is 277 g/mol. The molecule has 0 spiro atoms. The summed E-state index contributed by atoms with van der Waals surface area (Å²) in [6.07, 6.45) is 9.58. The second-order valence-electron chi connectivity index (χ2n) is 5.35. The van der Waals surface area contributed by atoms with Crippen LogP contribution in [0.15, 0.2) is 0 Å². The van der Waals surface area contributed by atoms with Crippen LogP contribution in [0.25, 0.3) is 0 Å². The molecule has 0 aromatic rings. The summed E-state index contributed by atoms with van der Waals surface area (Å²) < 4.78 is 28.5. The van der Waals surface area contributed by atoms with E-state index >= 15 is 0 Å². The van der Waals surface area contributed by atoms with Crippen LogP contribution in [0.4, 0.5) is 0 Å². The van der Waals surface area contributed by atoms with E-state index in [-0.39, 0.29) is 0 Å². The molecule has 1 aliphatic rings. The first-order valence-electron chi connectivity index (χ1n) is 7.17. The van der Waals surface area contributed by atoms with Crippen LogP contribution >= 0.6 is 0 Å². The maximum absolute atomic E-state index is 11.5. The predicted molar refractivity (Wildman–Crippen MR) is 73.6 cm³/mol. The lowest BCUT2D eigenvalue weighted by molar-refractivity contribution is 0.0576. The maximum atomic E-state index is 11.5. The summed E-state index contributed by atoms with van der Waals surface area (Å²) in [5.41, 5.74) is -0.800. The zero-order valence-electron chi connectivity index (χ0n) is 11.4. The Balaban J connectivity index is 2.35. The number of rotatable bonds is 8. The zero-order valence-corrected chi connectivity index (χ0v) is 12.3. The third-order valence-electron chi connectivity index (χ3n) is 3.65. The molecule has 0 amide bonds. The van der Waals surface area contributed by atoms with Crippen molar-refractivity contribution in [3.63, 3.8) is 0 Å². The standard InChI is InChI=1S/C13H27NO3S/c1-2-3-5-10-13(18(14,15)16)17-11-12-8-6-4-7-9-12/h12-13H,2-11H2,1H3,(H2,14,15,16). The molecule has 0 aromatic carbocycles. The minimum absolute atomic E-state index is 0.522. The first kappa shape index (κ1) is 15.9. The Labute approximate surface area is 111 Å². The minimum Gasteiger partial charge on any atom is -0.361 e. The first-order chi connectivity index (χ1) is 8.54. The van der Waals surface area contributed by atoms with E-state index in [1.54, 1.807) is 0 Å². The molecule has 1 saturated carbocycles. The Kier molecular flexibility index (Phi) is 7.19. The van der Waals surface area contributed by atoms with Crippen LogP contribution in [0.2, 0.25) is 0 Å². The Hall–Kier alpha value is -0.130. The molecule has 1 unspecified atom stereocenters. The second kappa shape index (κ2) is 8.12. The molecule has 0 aromatic heterocycles. The third-order valence-corrected chi connectivity index (χ3v) is 4.76. The summed E-state index contributed by atoms with van der Waals surface area (Å²) in [6, 6.07) is 0. The third kappa shape index (κ3) is 6.16. The minimum atomic E-state index is -3.57. The SMILES string of the molecule is CCCCCC(OCC1CCCCC1)S(N)(=O)=O. The molecule has 18 heavy (non-hydrogen) atoms. The largest absolute Gasteiger partial charge is 0.361 e. The van der Waals surface area contributed by atoms with E-state index in [1.807, 2.05) is 0 Å². The van der Waals surface area contributed by atoms with Crippen molar-refractivity contribution in [1.82, 2.24) is 0 Å². The van der Waals surface area contributed by atoms with Gasteiger partial charge in [0.25, 0.3) is 0 Å². The van der Waals surface area contributed by atoms with Gasteiger partial charge in [0.1, 0.15) is 0 Å². The van der Waals surface area contributed by atoms with Crippen molar-refractivity contribution >= 4 is 10.0 Å². The molecule has 2 N–H and O–H groups in total. The van der Waals surface area contributed by atoms with Crippen LogP contribution < -0.4 is 5.14 Å². The average Bonchev–Trinajstić information content (AvgIpc) is 2.33. The fraction of sp³-hybridized carbons (Fsp3) is 1.00. The lowest BCUT2D eigenvalue weighted by Crippen LogP contribution is -2.32. The highest BCUT2D eigenvalue weighted by Crippen LogP contribution is 2.24. The number of sulfonamides is 1. The van der Waals surface area contributed by atoms with Gasteiger partial charge in [-0.15, -0.1) is 0 Å². The van der Waals surface area contributed by atoms with E-state index in [4.69, 9.17) is 9.88 Å². The van der Waals surface area contributed by atoms with Crippen LogP contribution in [0.5, 0.6) is 0 Å². The molecule has 0 aliphatic heterocycles. The molecule has 1 atom stereocenters. The summed E-state index contributed by atoms with van der Waals surface area (Å²) in [5, 5.41) is 5.22. The fourth-order valence-corrected chi connectivity index (χ4v) is 3.26. The highest BCUT2D eigenvalue weighted by Gasteiger charge is 2.23. The number of hydrogen-bond donors (Lipinski definition) is 1. The number of unbranched alkanes of at least 4 members (excludes halogenated alkanes) is 2. The number of primary sulfonamides is 1. The van der Waals surface area contributed by atoms with Crippen molar-refractivity contribution in [2.75, 3.05) is 6.61 Å². The second-order valence-corrected chi connectivity index (χ2v) is 7.06. The predicted octanol–water partition coefficient (Wildman–Crippen LogP) is 2.78. The van der Waals surface area contributed by atoms with Crippen molar-refractivity contribution in [3.05, 3.63) is 0 Å². The summed E-state index contributed by atoms with van der Waals surface area (Å²) in [4.78, 5) is 0. The van der Waals surface area contributed by atoms with Gasteiger partial charge in [-0.3, -0.25) is 0 Å². The molecule has 108 valence electrons. The Bertz CT molecular complexity index is 310. The Morgan fingerprint density at radius 3 is 2.44 bits per heavy atom. The van der Waals surface area contributed by atoms with Crippen molar-refractivity contribution in [2.45, 2.75) is 70.1 Å². The van der Waals surface area contributed by atoms with Crippen molar-refractivity contribution in [2.24, 2.45) is 11.1 Å². The van der Waals surface area contributed by atoms with E-state index in [0.717, 1.165) is 32.1 Å². The zero-order chi connectivity index (χ0) is 13.4. The average molecular weight is 277 g/mol. The summed E-state index contributed by atoms with van der Waals surface area (Å²) in [7, 11) is -3.57. The van der Waals surface area contributed by atoms with Crippen LogP contribution in [0, 0.1) is 5.92 Å². The van der Waals surface area contributed by atoms with Crippen LogP contribution in [-0.2, 0) is 14.8 Å².